The van der Waals surface area contributed by atoms with Crippen molar-refractivity contribution in [1.82, 2.24) is 4.98 Å². The molecule has 0 radical (unpaired) electrons. The lowest BCUT2D eigenvalue weighted by Crippen LogP contribution is -1.96. The topological polar surface area (TPSA) is 63.3 Å². The zero-order chi connectivity index (χ0) is 8.43. The van der Waals surface area contributed by atoms with Crippen LogP contribution in [0.25, 0.3) is 0 Å². The Morgan fingerprint density at radius 3 is 2.64 bits per heavy atom. The Bertz CT molecular complexity index is 270. The molecule has 0 saturated carbocycles. The zero-order valence-electron chi connectivity index (χ0n) is 5.12. The van der Waals surface area contributed by atoms with E-state index in [1.54, 1.807) is 0 Å². The van der Waals surface area contributed by atoms with Gasteiger partial charge in [0.25, 0.3) is 6.43 Å². The maximum Gasteiger partial charge on any atom is 0.392 e. The van der Waals surface area contributed by atoms with Crippen LogP contribution in [0.2, 0.25) is 0 Å². The smallest absolute Gasteiger partial charge is 0.392 e. The second-order valence-corrected chi connectivity index (χ2v) is 1.68. The molecule has 0 amide bonds. The van der Waals surface area contributed by atoms with E-state index in [4.69, 9.17) is 5.11 Å². The number of aromatic carboxylic acids is 1. The molecule has 1 heterocycles. The first kappa shape index (κ1) is 7.64. The van der Waals surface area contributed by atoms with E-state index in [1.165, 1.54) is 0 Å². The van der Waals surface area contributed by atoms with Gasteiger partial charge < -0.3 is 9.52 Å². The highest BCUT2D eigenvalue weighted by molar-refractivity contribution is 5.82. The highest BCUT2D eigenvalue weighted by Gasteiger charge is 2.16. The van der Waals surface area contributed by atoms with E-state index in [1.807, 2.05) is 0 Å². The molecule has 0 aliphatic rings. The minimum atomic E-state index is -2.80. The largest absolute Gasteiger partial charge is 0.474 e. The van der Waals surface area contributed by atoms with Gasteiger partial charge in [-0.2, -0.15) is 0 Å². The van der Waals surface area contributed by atoms with Gasteiger partial charge in [-0.25, -0.2) is 18.6 Å². The Hall–Kier alpha value is -1.46. The summed E-state index contributed by atoms with van der Waals surface area (Å²) in [6, 6.07) is 0. The van der Waals surface area contributed by atoms with Crippen molar-refractivity contribution in [1.29, 1.82) is 0 Å². The summed E-state index contributed by atoms with van der Waals surface area (Å²) in [5, 5.41) is 8.18. The van der Waals surface area contributed by atoms with Gasteiger partial charge in [0.15, 0.2) is 0 Å². The van der Waals surface area contributed by atoms with E-state index in [2.05, 4.69) is 9.40 Å². The summed E-state index contributed by atoms with van der Waals surface area (Å²) in [7, 11) is 0. The molecule has 0 bridgehead atoms. The van der Waals surface area contributed by atoms with Gasteiger partial charge in [-0.1, -0.05) is 0 Å². The fourth-order valence-corrected chi connectivity index (χ4v) is 0.485. The normalized spacial score (nSPS) is 10.5. The second-order valence-electron chi connectivity index (χ2n) is 1.68. The third-order valence-electron chi connectivity index (χ3n) is 0.928. The fourth-order valence-electron chi connectivity index (χ4n) is 0.485. The zero-order valence-corrected chi connectivity index (χ0v) is 5.12. The Labute approximate surface area is 59.5 Å². The van der Waals surface area contributed by atoms with Crippen molar-refractivity contribution in [3.05, 3.63) is 17.8 Å². The van der Waals surface area contributed by atoms with Gasteiger partial charge in [0.05, 0.1) is 0 Å². The molecule has 4 nitrogen and oxygen atoms in total. The van der Waals surface area contributed by atoms with Gasteiger partial charge in [-0.3, -0.25) is 0 Å². The van der Waals surface area contributed by atoms with Crippen LogP contribution < -0.4 is 0 Å². The molecule has 0 aromatic carbocycles. The van der Waals surface area contributed by atoms with Crippen molar-refractivity contribution in [3.8, 4) is 0 Å². The van der Waals surface area contributed by atoms with Crippen LogP contribution in [-0.2, 0) is 0 Å². The summed E-state index contributed by atoms with van der Waals surface area (Å²) in [6.07, 6.45) is -2.18. The Morgan fingerprint density at radius 1 is 1.73 bits per heavy atom. The predicted molar refractivity (Wildman–Crippen MR) is 28.4 cm³/mol. The summed E-state index contributed by atoms with van der Waals surface area (Å²) in [6.45, 7) is 0. The average molecular weight is 163 g/mol. The average Bonchev–Trinajstić information content (AvgIpc) is 2.33. The third-order valence-corrected chi connectivity index (χ3v) is 0.928. The minimum absolute atomic E-state index is 0.619. The van der Waals surface area contributed by atoms with Crippen LogP contribution in [0.5, 0.6) is 0 Å². The summed E-state index contributed by atoms with van der Waals surface area (Å²) < 4.78 is 27.7. The number of halogens is 2. The van der Waals surface area contributed by atoms with Crippen molar-refractivity contribution in [2.24, 2.45) is 0 Å². The van der Waals surface area contributed by atoms with Gasteiger partial charge in [0.1, 0.15) is 12.0 Å². The lowest BCUT2D eigenvalue weighted by atomic mass is 10.5. The van der Waals surface area contributed by atoms with Crippen molar-refractivity contribution >= 4 is 5.97 Å². The lowest BCUT2D eigenvalue weighted by molar-refractivity contribution is 0.0653. The molecule has 60 valence electrons. The number of oxazole rings is 1. The number of nitrogens with zero attached hydrogens (tertiary/aromatic N) is 1. The number of carbonyl (C=O) groups is 1. The van der Waals surface area contributed by atoms with Crippen LogP contribution in [-0.4, -0.2) is 16.1 Å². The van der Waals surface area contributed by atoms with Crippen LogP contribution in [0.3, 0.4) is 0 Å². The maximum atomic E-state index is 11.7. The number of rotatable bonds is 2. The molecule has 0 saturated heterocycles. The molecule has 0 aliphatic carbocycles. The third kappa shape index (κ3) is 1.51. The van der Waals surface area contributed by atoms with Gasteiger partial charge in [-0.05, 0) is 0 Å². The van der Waals surface area contributed by atoms with E-state index in [0.29, 0.717) is 6.26 Å². The molecule has 11 heavy (non-hydrogen) atoms. The number of alkyl halides is 2. The SMILES string of the molecule is O=C(O)c1nc(C(F)F)co1. The highest BCUT2D eigenvalue weighted by Crippen LogP contribution is 2.17. The van der Waals surface area contributed by atoms with Gasteiger partial charge >= 0.3 is 11.9 Å². The molecule has 0 aliphatic heterocycles. The van der Waals surface area contributed by atoms with E-state index >= 15 is 0 Å². The molecule has 6 heteroatoms. The van der Waals surface area contributed by atoms with E-state index in [0.717, 1.165) is 0 Å². The Balaban J connectivity index is 2.90. The first-order chi connectivity index (χ1) is 5.11. The predicted octanol–water partition coefficient (Wildman–Crippen LogP) is 1.31. The van der Waals surface area contributed by atoms with E-state index in [9.17, 15) is 13.6 Å². The highest BCUT2D eigenvalue weighted by atomic mass is 19.3. The number of carboxylic acids is 1. The van der Waals surface area contributed by atoms with Gasteiger partial charge in [0.2, 0.25) is 0 Å². The first-order valence-corrected chi connectivity index (χ1v) is 2.58. The second kappa shape index (κ2) is 2.65. The van der Waals surface area contributed by atoms with Crippen LogP contribution in [0.4, 0.5) is 8.78 Å². The number of hydrogen-bond donors (Lipinski definition) is 1. The van der Waals surface area contributed by atoms with Crippen molar-refractivity contribution < 1.29 is 23.1 Å². The van der Waals surface area contributed by atoms with Crippen LogP contribution in [0.1, 0.15) is 22.8 Å². The minimum Gasteiger partial charge on any atom is -0.474 e. The molecule has 1 N–H and O–H groups in total. The molecule has 0 fully saturated rings. The standard InChI is InChI=1S/C5H3F2NO3/c6-3(7)2-1-11-4(8-2)5(9)10/h1,3H,(H,9,10). The van der Waals surface area contributed by atoms with Gasteiger partial charge in [-0.15, -0.1) is 0 Å². The van der Waals surface area contributed by atoms with Crippen molar-refractivity contribution in [2.75, 3.05) is 0 Å². The molecule has 1 aromatic heterocycles. The molecular formula is C5H3F2NO3. The van der Waals surface area contributed by atoms with E-state index < -0.39 is 24.0 Å². The summed E-state index contributed by atoms with van der Waals surface area (Å²) in [5.74, 6) is -2.18. The van der Waals surface area contributed by atoms with Crippen LogP contribution >= 0.6 is 0 Å². The maximum absolute atomic E-state index is 11.7. The van der Waals surface area contributed by atoms with Gasteiger partial charge in [0, 0.05) is 0 Å². The summed E-state index contributed by atoms with van der Waals surface area (Å²) >= 11 is 0. The number of aromatic nitrogens is 1. The van der Waals surface area contributed by atoms with Crippen LogP contribution in [0, 0.1) is 0 Å². The molecule has 1 rings (SSSR count). The molecule has 1 aromatic rings. The van der Waals surface area contributed by atoms with Crippen molar-refractivity contribution in [3.63, 3.8) is 0 Å². The number of hydrogen-bond acceptors (Lipinski definition) is 3. The quantitative estimate of drug-likeness (QED) is 0.713. The van der Waals surface area contributed by atoms with E-state index in [-0.39, 0.29) is 0 Å². The summed E-state index contributed by atoms with van der Waals surface area (Å²) in [4.78, 5) is 13.0. The number of carboxylic acid groups (broad SMARTS) is 1. The summed E-state index contributed by atoms with van der Waals surface area (Å²) in [5.41, 5.74) is -0.664. The van der Waals surface area contributed by atoms with Crippen molar-refractivity contribution in [2.45, 2.75) is 6.43 Å². The first-order valence-electron chi connectivity index (χ1n) is 2.58. The molecule has 0 unspecified atom stereocenters. The monoisotopic (exact) mass is 163 g/mol. The molecular weight excluding hydrogens is 160 g/mol. The fraction of sp³-hybridized carbons (Fsp3) is 0.200. The Morgan fingerprint density at radius 2 is 2.36 bits per heavy atom. The molecule has 0 spiro atoms. The van der Waals surface area contributed by atoms with Crippen LogP contribution in [0.15, 0.2) is 10.7 Å². The lowest BCUT2D eigenvalue weighted by Gasteiger charge is -1.85. The molecule has 0 atom stereocenters. The Kier molecular flexibility index (Phi) is 1.84.